The van der Waals surface area contributed by atoms with Gasteiger partial charge in [-0.3, -0.25) is 4.72 Å². The molecule has 0 radical (unpaired) electrons. The summed E-state index contributed by atoms with van der Waals surface area (Å²) < 4.78 is 24.4. The zero-order valence-electron chi connectivity index (χ0n) is 9.25. The number of anilines is 1. The molecule has 4 nitrogen and oxygen atoms in total. The average Bonchev–Trinajstić information content (AvgIpc) is 2.64. The van der Waals surface area contributed by atoms with Gasteiger partial charge in [0.1, 0.15) is 0 Å². The second-order valence-electron chi connectivity index (χ2n) is 3.68. The minimum absolute atomic E-state index is 0.415. The third-order valence-corrected chi connectivity index (χ3v) is 3.55. The van der Waals surface area contributed by atoms with E-state index in [1.165, 1.54) is 11.3 Å². The van der Waals surface area contributed by atoms with Gasteiger partial charge in [-0.05, 0) is 5.56 Å². The van der Waals surface area contributed by atoms with E-state index in [0.717, 1.165) is 17.5 Å². The molecule has 0 amide bonds. The molecule has 1 N–H and O–H groups in total. The molecule has 0 fully saturated rings. The molecule has 1 aromatic heterocycles. The van der Waals surface area contributed by atoms with Gasteiger partial charge < -0.3 is 0 Å². The predicted molar refractivity (Wildman–Crippen MR) is 69.8 cm³/mol. The first-order valence-corrected chi connectivity index (χ1v) is 7.76. The van der Waals surface area contributed by atoms with E-state index < -0.39 is 10.0 Å². The Balaban J connectivity index is 2.09. The van der Waals surface area contributed by atoms with Gasteiger partial charge in [0.2, 0.25) is 10.0 Å². The first kappa shape index (κ1) is 12.1. The van der Waals surface area contributed by atoms with Crippen LogP contribution in [-0.4, -0.2) is 19.7 Å². The van der Waals surface area contributed by atoms with Crippen LogP contribution in [0.3, 0.4) is 0 Å². The van der Waals surface area contributed by atoms with Crippen molar-refractivity contribution in [3.05, 3.63) is 47.0 Å². The van der Waals surface area contributed by atoms with Crippen LogP contribution in [0.2, 0.25) is 0 Å². The highest BCUT2D eigenvalue weighted by Crippen LogP contribution is 2.18. The van der Waals surface area contributed by atoms with E-state index in [9.17, 15) is 8.42 Å². The fourth-order valence-electron chi connectivity index (χ4n) is 1.40. The molecule has 2 aromatic rings. The Bertz CT molecular complexity index is 591. The standard InChI is InChI=1S/C11H12N2O2S2/c1-17(14,15)13-11-12-10(8-16-11)7-9-5-3-2-4-6-9/h2-6,8H,7H2,1H3,(H,12,13). The number of thiazole rings is 1. The molecular formula is C11H12N2O2S2. The topological polar surface area (TPSA) is 59.1 Å². The Morgan fingerprint density at radius 1 is 1.29 bits per heavy atom. The Morgan fingerprint density at radius 3 is 2.65 bits per heavy atom. The lowest BCUT2D eigenvalue weighted by atomic mass is 10.1. The van der Waals surface area contributed by atoms with Gasteiger partial charge in [-0.15, -0.1) is 11.3 Å². The van der Waals surface area contributed by atoms with Crippen molar-refractivity contribution < 1.29 is 8.42 Å². The lowest BCUT2D eigenvalue weighted by Gasteiger charge is -1.98. The largest absolute Gasteiger partial charge is 0.259 e. The summed E-state index contributed by atoms with van der Waals surface area (Å²) in [5.74, 6) is 0. The fraction of sp³-hybridized carbons (Fsp3) is 0.182. The summed E-state index contributed by atoms with van der Waals surface area (Å²) in [4.78, 5) is 4.22. The zero-order chi connectivity index (χ0) is 12.3. The van der Waals surface area contributed by atoms with Crippen molar-refractivity contribution in [2.24, 2.45) is 0 Å². The van der Waals surface area contributed by atoms with Gasteiger partial charge in [0, 0.05) is 11.8 Å². The number of hydrogen-bond acceptors (Lipinski definition) is 4. The second-order valence-corrected chi connectivity index (χ2v) is 6.29. The molecule has 0 aliphatic heterocycles. The highest BCUT2D eigenvalue weighted by molar-refractivity contribution is 7.92. The Kier molecular flexibility index (Phi) is 3.44. The van der Waals surface area contributed by atoms with Crippen molar-refractivity contribution in [3.8, 4) is 0 Å². The molecule has 0 aliphatic rings. The molecule has 0 spiro atoms. The van der Waals surface area contributed by atoms with E-state index in [-0.39, 0.29) is 0 Å². The van der Waals surface area contributed by atoms with Crippen molar-refractivity contribution in [3.63, 3.8) is 0 Å². The summed E-state index contributed by atoms with van der Waals surface area (Å²) in [5.41, 5.74) is 2.02. The zero-order valence-corrected chi connectivity index (χ0v) is 10.9. The number of hydrogen-bond donors (Lipinski definition) is 1. The van der Waals surface area contributed by atoms with E-state index >= 15 is 0 Å². The van der Waals surface area contributed by atoms with Gasteiger partial charge in [-0.2, -0.15) is 0 Å². The van der Waals surface area contributed by atoms with Crippen LogP contribution < -0.4 is 4.72 Å². The number of benzene rings is 1. The fourth-order valence-corrected chi connectivity index (χ4v) is 2.96. The van der Waals surface area contributed by atoms with Crippen LogP contribution in [0, 0.1) is 0 Å². The maximum Gasteiger partial charge on any atom is 0.231 e. The van der Waals surface area contributed by atoms with E-state index in [0.29, 0.717) is 11.6 Å². The van der Waals surface area contributed by atoms with Gasteiger partial charge in [0.15, 0.2) is 5.13 Å². The van der Waals surface area contributed by atoms with Gasteiger partial charge in [0.05, 0.1) is 11.9 Å². The van der Waals surface area contributed by atoms with Gasteiger partial charge in [-0.1, -0.05) is 30.3 Å². The average molecular weight is 268 g/mol. The lowest BCUT2D eigenvalue weighted by molar-refractivity contribution is 0.607. The second kappa shape index (κ2) is 4.85. The third kappa shape index (κ3) is 3.83. The van der Waals surface area contributed by atoms with Crippen molar-refractivity contribution in [2.45, 2.75) is 6.42 Å². The van der Waals surface area contributed by atoms with Crippen LogP contribution in [0.4, 0.5) is 5.13 Å². The molecule has 0 saturated carbocycles. The molecule has 17 heavy (non-hydrogen) atoms. The van der Waals surface area contributed by atoms with Gasteiger partial charge in [-0.25, -0.2) is 13.4 Å². The first-order valence-electron chi connectivity index (χ1n) is 4.99. The number of rotatable bonds is 4. The summed E-state index contributed by atoms with van der Waals surface area (Å²) in [6.45, 7) is 0. The lowest BCUT2D eigenvalue weighted by Crippen LogP contribution is -2.09. The molecule has 0 unspecified atom stereocenters. The third-order valence-electron chi connectivity index (χ3n) is 2.05. The van der Waals surface area contributed by atoms with Crippen LogP contribution in [0.15, 0.2) is 35.7 Å². The monoisotopic (exact) mass is 268 g/mol. The van der Waals surface area contributed by atoms with Crippen LogP contribution in [0.5, 0.6) is 0 Å². The predicted octanol–water partition coefficient (Wildman–Crippen LogP) is 2.11. The van der Waals surface area contributed by atoms with Gasteiger partial charge >= 0.3 is 0 Å². The van der Waals surface area contributed by atoms with Crippen LogP contribution >= 0.6 is 11.3 Å². The maximum absolute atomic E-state index is 11.0. The van der Waals surface area contributed by atoms with Crippen LogP contribution in [-0.2, 0) is 16.4 Å². The van der Waals surface area contributed by atoms with Crippen molar-refractivity contribution in [1.82, 2.24) is 4.98 Å². The summed E-state index contributed by atoms with van der Waals surface area (Å²) in [6.07, 6.45) is 1.83. The quantitative estimate of drug-likeness (QED) is 0.924. The minimum Gasteiger partial charge on any atom is -0.259 e. The summed E-state index contributed by atoms with van der Waals surface area (Å²) in [5, 5.41) is 2.28. The molecule has 90 valence electrons. The highest BCUT2D eigenvalue weighted by atomic mass is 32.2. The molecule has 1 aromatic carbocycles. The summed E-state index contributed by atoms with van der Waals surface area (Å²) in [6, 6.07) is 9.93. The van der Waals surface area contributed by atoms with Crippen molar-refractivity contribution in [2.75, 3.05) is 11.0 Å². The number of aromatic nitrogens is 1. The highest BCUT2D eigenvalue weighted by Gasteiger charge is 2.07. The number of sulfonamides is 1. The summed E-state index contributed by atoms with van der Waals surface area (Å²) in [7, 11) is -3.24. The molecule has 0 bridgehead atoms. The number of nitrogens with one attached hydrogen (secondary N) is 1. The molecule has 0 atom stereocenters. The Morgan fingerprint density at radius 2 is 2.00 bits per heavy atom. The van der Waals surface area contributed by atoms with Crippen molar-refractivity contribution in [1.29, 1.82) is 0 Å². The van der Waals surface area contributed by atoms with E-state index in [1.54, 1.807) is 0 Å². The normalized spacial score (nSPS) is 11.4. The van der Waals surface area contributed by atoms with Gasteiger partial charge in [0.25, 0.3) is 0 Å². The van der Waals surface area contributed by atoms with E-state index in [2.05, 4.69) is 9.71 Å². The summed E-state index contributed by atoms with van der Waals surface area (Å²) >= 11 is 1.29. The molecule has 2 rings (SSSR count). The Hall–Kier alpha value is -1.40. The van der Waals surface area contributed by atoms with E-state index in [1.807, 2.05) is 35.7 Å². The SMILES string of the molecule is CS(=O)(=O)Nc1nc(Cc2ccccc2)cs1. The molecular weight excluding hydrogens is 256 g/mol. The first-order chi connectivity index (χ1) is 8.03. The van der Waals surface area contributed by atoms with E-state index in [4.69, 9.17) is 0 Å². The maximum atomic E-state index is 11.0. The molecule has 0 aliphatic carbocycles. The minimum atomic E-state index is -3.24. The van der Waals surface area contributed by atoms with Crippen molar-refractivity contribution >= 4 is 26.5 Å². The Labute approximate surface area is 104 Å². The molecule has 1 heterocycles. The molecule has 0 saturated heterocycles. The smallest absolute Gasteiger partial charge is 0.231 e. The molecule has 6 heteroatoms. The van der Waals surface area contributed by atoms with Crippen LogP contribution in [0.1, 0.15) is 11.3 Å². The van der Waals surface area contributed by atoms with Crippen LogP contribution in [0.25, 0.3) is 0 Å². The number of nitrogens with zero attached hydrogens (tertiary/aromatic N) is 1.